The first-order valence-corrected chi connectivity index (χ1v) is 2.64. The van der Waals surface area contributed by atoms with Crippen molar-refractivity contribution in [3.63, 3.8) is 0 Å². The van der Waals surface area contributed by atoms with Crippen molar-refractivity contribution < 1.29 is 54.5 Å². The SMILES string of the molecule is [O]=[Hf].[O]=[Sc]. The van der Waals surface area contributed by atoms with Gasteiger partial charge in [0.2, 0.25) is 0 Å². The van der Waals surface area contributed by atoms with Gasteiger partial charge in [-0.15, -0.1) is 0 Å². The summed E-state index contributed by atoms with van der Waals surface area (Å²) in [6.45, 7) is 0. The Bertz CT molecular complexity index is 8.00. The van der Waals surface area contributed by atoms with Crippen molar-refractivity contribution in [3.05, 3.63) is 0 Å². The summed E-state index contributed by atoms with van der Waals surface area (Å²) in [6, 6.07) is 0. The minimum atomic E-state index is 0.0556. The molecule has 0 saturated carbocycles. The van der Waals surface area contributed by atoms with E-state index in [1.54, 1.807) is 0 Å². The van der Waals surface area contributed by atoms with Crippen molar-refractivity contribution >= 4 is 0 Å². The molecule has 0 bridgehead atoms. The van der Waals surface area contributed by atoms with Gasteiger partial charge in [0.05, 0.1) is 0 Å². The van der Waals surface area contributed by atoms with Crippen LogP contribution in [0.5, 0.6) is 0 Å². The molecule has 19 valence electrons. The molecule has 4 heteroatoms. The summed E-state index contributed by atoms with van der Waals surface area (Å²) in [5.41, 5.74) is 0. The monoisotopic (exact) mass is 257 g/mol. The molecular weight excluding hydrogens is 255 g/mol. The van der Waals surface area contributed by atoms with Gasteiger partial charge in [-0.1, -0.05) is 0 Å². The fourth-order valence-corrected chi connectivity index (χ4v) is 0. The van der Waals surface area contributed by atoms with E-state index in [2.05, 4.69) is 0 Å². The maximum atomic E-state index is 8.39. The van der Waals surface area contributed by atoms with Crippen molar-refractivity contribution in [1.82, 2.24) is 0 Å². The Hall–Kier alpha value is 1.34. The van der Waals surface area contributed by atoms with Crippen molar-refractivity contribution in [2.75, 3.05) is 0 Å². The van der Waals surface area contributed by atoms with Gasteiger partial charge in [-0.25, -0.2) is 0 Å². The van der Waals surface area contributed by atoms with Crippen LogP contribution < -0.4 is 0 Å². The standard InChI is InChI=1S/Hf.2O.Sc. The second-order valence-electron chi connectivity index (χ2n) is 0. The van der Waals surface area contributed by atoms with E-state index in [4.69, 9.17) is 5.71 Å². The molecule has 0 aliphatic heterocycles. The molecule has 0 atom stereocenters. The van der Waals surface area contributed by atoms with Gasteiger partial charge < -0.3 is 0 Å². The zero-order valence-corrected chi connectivity index (χ0v) is 7.29. The molecule has 0 rings (SSSR count). The fraction of sp³-hybridized carbons (Fsp3) is 0. The Morgan fingerprint density at radius 2 is 1.25 bits per heavy atom. The minimum absolute atomic E-state index is 0.0556. The van der Waals surface area contributed by atoms with Crippen LogP contribution in [-0.2, 0) is 54.5 Å². The molecule has 0 amide bonds. The Morgan fingerprint density at radius 1 is 1.25 bits per heavy atom. The average Bonchev–Trinajstić information content (AvgIpc) is 1.50. The first-order chi connectivity index (χ1) is 2.00. The van der Waals surface area contributed by atoms with E-state index in [1.165, 1.54) is 0 Å². The van der Waals surface area contributed by atoms with Crippen molar-refractivity contribution in [2.45, 2.75) is 0 Å². The van der Waals surface area contributed by atoms with Crippen LogP contribution in [0.2, 0.25) is 0 Å². The van der Waals surface area contributed by atoms with E-state index < -0.39 is 0 Å². The van der Waals surface area contributed by atoms with Gasteiger partial charge in [-0.05, 0) is 0 Å². The van der Waals surface area contributed by atoms with E-state index in [9.17, 15) is 0 Å². The van der Waals surface area contributed by atoms with E-state index in [-0.39, 0.29) is 24.4 Å². The van der Waals surface area contributed by atoms with Crippen LogP contribution in [0.25, 0.3) is 0 Å². The molecule has 0 aromatic rings. The normalized spacial score (nSPS) is 2.25. The number of rotatable bonds is 0. The van der Waals surface area contributed by atoms with Crippen LogP contribution >= 0.6 is 0 Å². The third-order valence-corrected chi connectivity index (χ3v) is 0. The molecule has 0 aliphatic rings. The van der Waals surface area contributed by atoms with E-state index in [1.807, 2.05) is 0 Å². The predicted octanol–water partition coefficient (Wildman–Crippen LogP) is -0.243. The summed E-state index contributed by atoms with van der Waals surface area (Å²) < 4.78 is 16.7. The van der Waals surface area contributed by atoms with Crippen LogP contribution in [0, 0.1) is 0 Å². The fourth-order valence-electron chi connectivity index (χ4n) is 0. The molecule has 2 nitrogen and oxygen atoms in total. The molecule has 0 spiro atoms. The Balaban J connectivity index is 0. The first-order valence-electron chi connectivity index (χ1n) is 0.440. The molecule has 0 radical (unpaired) electrons. The van der Waals surface area contributed by atoms with Gasteiger partial charge in [0.15, 0.2) is 0 Å². The Morgan fingerprint density at radius 3 is 1.25 bits per heavy atom. The van der Waals surface area contributed by atoms with Crippen molar-refractivity contribution in [1.29, 1.82) is 0 Å². The zero-order chi connectivity index (χ0) is 4.00. The second kappa shape index (κ2) is 27.0. The second-order valence-corrected chi connectivity index (χ2v) is 0. The topological polar surface area (TPSA) is 34.1 Å². The molecule has 4 heavy (non-hydrogen) atoms. The van der Waals surface area contributed by atoms with Crippen LogP contribution in [-0.4, -0.2) is 0 Å². The van der Waals surface area contributed by atoms with Gasteiger partial charge >= 0.3 is 54.5 Å². The number of hydrogen-bond acceptors (Lipinski definition) is 2. The summed E-state index contributed by atoms with van der Waals surface area (Å²) in [5.74, 6) is 0. The van der Waals surface area contributed by atoms with E-state index in [0.29, 0.717) is 24.4 Å². The van der Waals surface area contributed by atoms with Crippen LogP contribution in [0.4, 0.5) is 0 Å². The third kappa shape index (κ3) is 10.2. The summed E-state index contributed by atoms with van der Waals surface area (Å²) in [6.07, 6.45) is 0. The molecular formula is HfO2Sc. The van der Waals surface area contributed by atoms with Gasteiger partial charge in [0, 0.05) is 0 Å². The summed E-state index contributed by atoms with van der Waals surface area (Å²) in [4.78, 5) is 0. The Kier molecular flexibility index (Phi) is 60.8. The molecule has 0 aliphatic carbocycles. The van der Waals surface area contributed by atoms with Crippen LogP contribution in [0.15, 0.2) is 0 Å². The van der Waals surface area contributed by atoms with Gasteiger partial charge in [-0.2, -0.15) is 0 Å². The molecule has 0 unspecified atom stereocenters. The van der Waals surface area contributed by atoms with Crippen LogP contribution in [0.3, 0.4) is 0 Å². The molecule has 0 aromatic heterocycles. The Labute approximate surface area is 54.0 Å². The molecule has 0 aromatic carbocycles. The van der Waals surface area contributed by atoms with E-state index in [0.717, 1.165) is 0 Å². The van der Waals surface area contributed by atoms with Crippen LogP contribution in [0.1, 0.15) is 0 Å². The van der Waals surface area contributed by atoms with Crippen molar-refractivity contribution in [3.8, 4) is 0 Å². The summed E-state index contributed by atoms with van der Waals surface area (Å²) in [7, 11) is 0. The van der Waals surface area contributed by atoms with Crippen molar-refractivity contribution in [2.24, 2.45) is 0 Å². The molecule has 0 heterocycles. The number of hydrogen-bond donors (Lipinski definition) is 0. The van der Waals surface area contributed by atoms with Gasteiger partial charge in [-0.3, -0.25) is 0 Å². The molecule has 0 N–H and O–H groups in total. The third-order valence-electron chi connectivity index (χ3n) is 0. The predicted molar refractivity (Wildman–Crippen MR) is 1.37 cm³/mol. The zero-order valence-electron chi connectivity index (χ0n) is 1.89. The van der Waals surface area contributed by atoms with E-state index >= 15 is 0 Å². The first kappa shape index (κ1) is 9.02. The summed E-state index contributed by atoms with van der Waals surface area (Å²) in [5, 5.41) is 0. The van der Waals surface area contributed by atoms with Gasteiger partial charge in [0.1, 0.15) is 0 Å². The average molecular weight is 255 g/mol. The molecule has 0 fully saturated rings. The quantitative estimate of drug-likeness (QED) is 0.560. The molecule has 0 saturated heterocycles. The van der Waals surface area contributed by atoms with Gasteiger partial charge in [0.25, 0.3) is 0 Å². The maximum absolute atomic E-state index is 8.39. The summed E-state index contributed by atoms with van der Waals surface area (Å²) >= 11 is 0.493.